The zero-order valence-corrected chi connectivity index (χ0v) is 14.9. The van der Waals surface area contributed by atoms with E-state index < -0.39 is 10.9 Å². The molecule has 0 aliphatic heterocycles. The first-order valence-electron chi connectivity index (χ1n) is 8.11. The maximum absolute atomic E-state index is 11.7. The van der Waals surface area contributed by atoms with Crippen molar-refractivity contribution >= 4 is 29.3 Å². The number of non-ortho nitro benzene ring substituents is 1. The Balaban J connectivity index is 2.12. The summed E-state index contributed by atoms with van der Waals surface area (Å²) in [6.07, 6.45) is 2.62. The predicted molar refractivity (Wildman–Crippen MR) is 97.5 cm³/mol. The first kappa shape index (κ1) is 21.0. The van der Waals surface area contributed by atoms with Crippen LogP contribution in [0.15, 0.2) is 24.3 Å². The number of nitro groups is 1. The van der Waals surface area contributed by atoms with Crippen molar-refractivity contribution in [2.75, 3.05) is 18.1 Å². The van der Waals surface area contributed by atoms with Gasteiger partial charge in [-0.1, -0.05) is 6.92 Å². The lowest BCUT2D eigenvalue weighted by atomic mass is 10.2. The Morgan fingerprint density at radius 1 is 1.16 bits per heavy atom. The first-order valence-corrected chi connectivity index (χ1v) is 9.27. The van der Waals surface area contributed by atoms with Crippen LogP contribution in [0.1, 0.15) is 32.1 Å². The number of carbonyl (C=O) groups is 2. The lowest BCUT2D eigenvalue weighted by molar-refractivity contribution is -0.384. The molecule has 0 heterocycles. The van der Waals surface area contributed by atoms with Gasteiger partial charge in [0.15, 0.2) is 0 Å². The minimum absolute atomic E-state index is 0.0149. The van der Waals surface area contributed by atoms with Crippen molar-refractivity contribution in [2.45, 2.75) is 32.1 Å². The third-order valence-corrected chi connectivity index (χ3v) is 4.24. The van der Waals surface area contributed by atoms with Crippen LogP contribution in [0.3, 0.4) is 0 Å². The summed E-state index contributed by atoms with van der Waals surface area (Å²) in [6.45, 7) is 4.39. The second-order valence-corrected chi connectivity index (χ2v) is 6.47. The van der Waals surface area contributed by atoms with Crippen LogP contribution in [0.5, 0.6) is 5.75 Å². The van der Waals surface area contributed by atoms with Crippen LogP contribution >= 0.6 is 11.8 Å². The lowest BCUT2D eigenvalue weighted by Crippen LogP contribution is -2.25. The van der Waals surface area contributed by atoms with Gasteiger partial charge in [-0.2, -0.15) is 11.8 Å². The second kappa shape index (κ2) is 12.3. The molecule has 0 atom stereocenters. The molecule has 8 heteroatoms. The molecule has 0 fully saturated rings. The number of nitrogens with zero attached hydrogens (tertiary/aromatic N) is 1. The topological polar surface area (TPSA) is 98.5 Å². The fraction of sp³-hybridized carbons (Fsp3) is 0.471. The van der Waals surface area contributed by atoms with Crippen molar-refractivity contribution in [2.24, 2.45) is 0 Å². The molecule has 0 aliphatic rings. The number of rotatable bonds is 12. The summed E-state index contributed by atoms with van der Waals surface area (Å²) in [5, 5.41) is 13.4. The van der Waals surface area contributed by atoms with Crippen molar-refractivity contribution in [1.29, 1.82) is 0 Å². The van der Waals surface area contributed by atoms with E-state index >= 15 is 0 Å². The predicted octanol–water partition coefficient (Wildman–Crippen LogP) is 3.13. The average Bonchev–Trinajstić information content (AvgIpc) is 2.59. The molecular weight excluding hydrogens is 344 g/mol. The van der Waals surface area contributed by atoms with E-state index in [1.807, 2.05) is 0 Å². The Hall–Kier alpha value is -2.09. The molecule has 1 N–H and O–H groups in total. The van der Waals surface area contributed by atoms with Crippen LogP contribution < -0.4 is 10.1 Å². The van der Waals surface area contributed by atoms with Gasteiger partial charge < -0.3 is 10.1 Å². The molecular formula is C17H23N2O5S. The molecule has 1 aromatic carbocycles. The van der Waals surface area contributed by atoms with Gasteiger partial charge in [0.2, 0.25) is 5.91 Å². The summed E-state index contributed by atoms with van der Waals surface area (Å²) in [7, 11) is 0. The molecule has 0 unspecified atom stereocenters. The molecule has 7 nitrogen and oxygen atoms in total. The number of benzene rings is 1. The summed E-state index contributed by atoms with van der Waals surface area (Å²) < 4.78 is 5.09. The summed E-state index contributed by atoms with van der Waals surface area (Å²) in [6, 6.07) is 5.33. The molecule has 0 saturated carbocycles. The van der Waals surface area contributed by atoms with E-state index in [4.69, 9.17) is 4.74 Å². The Kier molecular flexibility index (Phi) is 10.3. The van der Waals surface area contributed by atoms with Crippen LogP contribution in [0, 0.1) is 17.0 Å². The van der Waals surface area contributed by atoms with Gasteiger partial charge >= 0.3 is 5.97 Å². The Morgan fingerprint density at radius 2 is 1.84 bits per heavy atom. The number of ether oxygens (including phenoxy) is 1. The number of hydrogen-bond donors (Lipinski definition) is 1. The lowest BCUT2D eigenvalue weighted by Gasteiger charge is -2.05. The standard InChI is InChI=1S/C17H23N2O5S/c1-2-12-25-13-11-18-16(20)5-3-4-6-17(21)24-15-9-7-14(8-10-15)19(22)23/h7-10H,1-6,11-13H2,(H,18,20). The zero-order valence-electron chi connectivity index (χ0n) is 14.1. The van der Waals surface area contributed by atoms with Gasteiger partial charge in [-0.05, 0) is 37.1 Å². The number of amides is 1. The third-order valence-electron chi connectivity index (χ3n) is 3.17. The highest BCUT2D eigenvalue weighted by Gasteiger charge is 2.09. The molecule has 0 bridgehead atoms. The maximum Gasteiger partial charge on any atom is 0.311 e. The normalized spacial score (nSPS) is 10.3. The minimum Gasteiger partial charge on any atom is -0.427 e. The number of unbranched alkanes of at least 4 members (excludes halogenated alkanes) is 1. The molecule has 0 aromatic heterocycles. The van der Waals surface area contributed by atoms with Crippen LogP contribution in [0.4, 0.5) is 5.69 Å². The molecule has 0 aliphatic carbocycles. The van der Waals surface area contributed by atoms with E-state index in [1.54, 1.807) is 11.8 Å². The first-order chi connectivity index (χ1) is 12.0. The average molecular weight is 367 g/mol. The van der Waals surface area contributed by atoms with E-state index in [1.165, 1.54) is 24.3 Å². The van der Waals surface area contributed by atoms with Crippen molar-refractivity contribution < 1.29 is 19.2 Å². The van der Waals surface area contributed by atoms with E-state index in [9.17, 15) is 19.7 Å². The van der Waals surface area contributed by atoms with Crippen molar-refractivity contribution in [1.82, 2.24) is 5.32 Å². The molecule has 1 rings (SSSR count). The zero-order chi connectivity index (χ0) is 18.5. The van der Waals surface area contributed by atoms with Crippen LogP contribution in [-0.2, 0) is 9.59 Å². The highest BCUT2D eigenvalue weighted by atomic mass is 32.2. The second-order valence-electron chi connectivity index (χ2n) is 5.25. The van der Waals surface area contributed by atoms with Gasteiger partial charge in [0, 0.05) is 37.3 Å². The summed E-state index contributed by atoms with van der Waals surface area (Å²) in [5.74, 6) is 1.71. The van der Waals surface area contributed by atoms with E-state index in [2.05, 4.69) is 12.2 Å². The monoisotopic (exact) mass is 367 g/mol. The maximum atomic E-state index is 11.7. The SMILES string of the molecule is [CH2]CCSCCNC(=O)CCCCC(=O)Oc1ccc([N+](=O)[O-])cc1. The highest BCUT2D eigenvalue weighted by molar-refractivity contribution is 7.99. The van der Waals surface area contributed by atoms with Gasteiger partial charge in [-0.15, -0.1) is 0 Å². The minimum atomic E-state index is -0.518. The quantitative estimate of drug-likeness (QED) is 0.200. The van der Waals surface area contributed by atoms with Gasteiger partial charge in [-0.3, -0.25) is 19.7 Å². The molecule has 25 heavy (non-hydrogen) atoms. The van der Waals surface area contributed by atoms with E-state index in [-0.39, 0.29) is 23.8 Å². The summed E-state index contributed by atoms with van der Waals surface area (Å²) >= 11 is 1.76. The largest absolute Gasteiger partial charge is 0.427 e. The van der Waals surface area contributed by atoms with Gasteiger partial charge in [-0.25, -0.2) is 0 Å². The van der Waals surface area contributed by atoms with Crippen LogP contribution in [0.25, 0.3) is 0 Å². The molecule has 0 saturated heterocycles. The van der Waals surface area contributed by atoms with Crippen LogP contribution in [-0.4, -0.2) is 34.9 Å². The van der Waals surface area contributed by atoms with Crippen LogP contribution in [0.2, 0.25) is 0 Å². The molecule has 1 amide bonds. The van der Waals surface area contributed by atoms with Crippen molar-refractivity contribution in [3.63, 3.8) is 0 Å². The fourth-order valence-corrected chi connectivity index (χ4v) is 2.58. The summed E-state index contributed by atoms with van der Waals surface area (Å²) in [5.41, 5.74) is -0.0597. The molecule has 0 spiro atoms. The number of nitro benzene ring substituents is 1. The van der Waals surface area contributed by atoms with E-state index in [0.717, 1.165) is 17.9 Å². The Bertz CT molecular complexity index is 563. The van der Waals surface area contributed by atoms with Gasteiger partial charge in [0.25, 0.3) is 5.69 Å². The molecule has 137 valence electrons. The number of esters is 1. The number of thioether (sulfide) groups is 1. The van der Waals surface area contributed by atoms with Crippen molar-refractivity contribution in [3.8, 4) is 5.75 Å². The third kappa shape index (κ3) is 9.71. The smallest absolute Gasteiger partial charge is 0.311 e. The van der Waals surface area contributed by atoms with E-state index in [0.29, 0.717) is 25.8 Å². The fourth-order valence-electron chi connectivity index (χ4n) is 1.93. The molecule has 1 radical (unpaired) electrons. The Labute approximate surface area is 151 Å². The number of nitrogens with one attached hydrogen (secondary N) is 1. The summed E-state index contributed by atoms with van der Waals surface area (Å²) in [4.78, 5) is 33.3. The Morgan fingerprint density at radius 3 is 2.48 bits per heavy atom. The number of hydrogen-bond acceptors (Lipinski definition) is 6. The van der Waals surface area contributed by atoms with Gasteiger partial charge in [0.05, 0.1) is 4.92 Å². The van der Waals surface area contributed by atoms with Crippen molar-refractivity contribution in [3.05, 3.63) is 41.3 Å². The number of carbonyl (C=O) groups excluding carboxylic acids is 2. The highest BCUT2D eigenvalue weighted by Crippen LogP contribution is 2.18. The molecule has 1 aromatic rings. The van der Waals surface area contributed by atoms with Gasteiger partial charge in [0.1, 0.15) is 5.75 Å².